The van der Waals surface area contributed by atoms with E-state index >= 15 is 0 Å². The van der Waals surface area contributed by atoms with Gasteiger partial charge in [0.25, 0.3) is 5.56 Å². The fraction of sp³-hybridized carbons (Fsp3) is 0.667. The maximum atomic E-state index is 12.6. The van der Waals surface area contributed by atoms with Gasteiger partial charge in [0.05, 0.1) is 10.6 Å². The van der Waals surface area contributed by atoms with Crippen LogP contribution in [0, 0.1) is 0 Å². The Labute approximate surface area is 186 Å². The molecule has 168 valence electrons. The molecule has 2 rings (SSSR count). The fourth-order valence-corrected chi connectivity index (χ4v) is 3.68. The molecule has 0 radical (unpaired) electrons. The van der Waals surface area contributed by atoms with E-state index in [2.05, 4.69) is 21.2 Å². The summed E-state index contributed by atoms with van der Waals surface area (Å²) in [6, 6.07) is 0.871. The van der Waals surface area contributed by atoms with Crippen molar-refractivity contribution in [2.24, 2.45) is 7.05 Å². The lowest BCUT2D eigenvalue weighted by molar-refractivity contribution is -0.126. The number of hydrogen-bond acceptors (Lipinski definition) is 5. The molecule has 0 aliphatic heterocycles. The van der Waals surface area contributed by atoms with Gasteiger partial charge in [-0.3, -0.25) is 14.5 Å². The Balaban J connectivity index is 1.84. The Kier molecular flexibility index (Phi) is 7.96. The molecule has 0 unspecified atom stereocenters. The van der Waals surface area contributed by atoms with Gasteiger partial charge < -0.3 is 19.4 Å². The van der Waals surface area contributed by atoms with Crippen LogP contribution in [0.5, 0.6) is 5.75 Å². The number of ether oxygens (including phenoxy) is 2. The van der Waals surface area contributed by atoms with E-state index in [9.17, 15) is 14.4 Å². The Hall–Kier alpha value is -2.03. The molecule has 30 heavy (non-hydrogen) atoms. The molecule has 2 amide bonds. The number of pyridine rings is 1. The first-order valence-electron chi connectivity index (χ1n) is 10.2. The van der Waals surface area contributed by atoms with Crippen LogP contribution < -0.4 is 15.6 Å². The molecule has 1 heterocycles. The van der Waals surface area contributed by atoms with Crippen molar-refractivity contribution in [1.82, 2.24) is 14.8 Å². The first kappa shape index (κ1) is 24.2. The van der Waals surface area contributed by atoms with Crippen molar-refractivity contribution in [2.45, 2.75) is 77.2 Å². The molecule has 1 fully saturated rings. The number of carbonyl (C=O) groups excluding carboxylic acids is 2. The predicted octanol–water partition coefficient (Wildman–Crippen LogP) is 3.21. The average Bonchev–Trinajstić information content (AvgIpc) is 2.65. The number of likely N-dealkylation sites (N-methyl/N-ethyl adjacent to an activating group) is 1. The van der Waals surface area contributed by atoms with Crippen LogP contribution in [0.3, 0.4) is 0 Å². The molecule has 8 nitrogen and oxygen atoms in total. The third kappa shape index (κ3) is 6.75. The second-order valence-corrected chi connectivity index (χ2v) is 9.66. The van der Waals surface area contributed by atoms with Crippen molar-refractivity contribution < 1.29 is 19.1 Å². The second kappa shape index (κ2) is 9.85. The Morgan fingerprint density at radius 3 is 2.43 bits per heavy atom. The van der Waals surface area contributed by atoms with E-state index in [0.717, 1.165) is 30.2 Å². The van der Waals surface area contributed by atoms with Crippen molar-refractivity contribution >= 4 is 27.9 Å². The third-order valence-electron chi connectivity index (χ3n) is 5.10. The quantitative estimate of drug-likeness (QED) is 0.691. The van der Waals surface area contributed by atoms with Gasteiger partial charge in [0, 0.05) is 32.4 Å². The highest BCUT2D eigenvalue weighted by Gasteiger charge is 2.30. The standard InChI is InChI=1S/C21H32BrN3O5/c1-13(25(6)20(28)30-21(2,3)4)19(27)23-14-7-9-15(10-8-14)29-17-11-18(26)24(5)12-16(17)22/h11-15H,7-10H2,1-6H3,(H,23,27)/t13-,14?,15?/m0/s1. The summed E-state index contributed by atoms with van der Waals surface area (Å²) < 4.78 is 13.5. The maximum absolute atomic E-state index is 12.6. The molecule has 1 saturated carbocycles. The van der Waals surface area contributed by atoms with Gasteiger partial charge >= 0.3 is 6.09 Å². The van der Waals surface area contributed by atoms with Crippen molar-refractivity contribution in [1.29, 1.82) is 0 Å². The molecule has 0 bridgehead atoms. The topological polar surface area (TPSA) is 89.9 Å². The van der Waals surface area contributed by atoms with Gasteiger partial charge in [0.15, 0.2) is 0 Å². The SMILES string of the molecule is C[C@@H](C(=O)NC1CCC(Oc2cc(=O)n(C)cc2Br)CC1)N(C)C(=O)OC(C)(C)C. The molecule has 1 N–H and O–H groups in total. The Bertz CT molecular complexity index is 825. The van der Waals surface area contributed by atoms with Gasteiger partial charge in [0.2, 0.25) is 5.91 Å². The summed E-state index contributed by atoms with van der Waals surface area (Å²) in [5.41, 5.74) is -0.741. The highest BCUT2D eigenvalue weighted by atomic mass is 79.9. The van der Waals surface area contributed by atoms with E-state index in [0.29, 0.717) is 5.75 Å². The third-order valence-corrected chi connectivity index (χ3v) is 5.70. The highest BCUT2D eigenvalue weighted by molar-refractivity contribution is 9.10. The number of nitrogens with zero attached hydrogens (tertiary/aromatic N) is 2. The van der Waals surface area contributed by atoms with Crippen LogP contribution in [0.4, 0.5) is 4.79 Å². The minimum Gasteiger partial charge on any atom is -0.489 e. The molecule has 0 spiro atoms. The molecule has 1 aromatic rings. The lowest BCUT2D eigenvalue weighted by Gasteiger charge is -2.32. The van der Waals surface area contributed by atoms with Crippen LogP contribution in [0.1, 0.15) is 53.4 Å². The van der Waals surface area contributed by atoms with Gasteiger partial charge in [-0.1, -0.05) is 0 Å². The Morgan fingerprint density at radius 1 is 1.27 bits per heavy atom. The minimum absolute atomic E-state index is 0.0107. The van der Waals surface area contributed by atoms with Gasteiger partial charge in [-0.25, -0.2) is 4.79 Å². The summed E-state index contributed by atoms with van der Waals surface area (Å²) in [5.74, 6) is 0.334. The smallest absolute Gasteiger partial charge is 0.410 e. The number of aryl methyl sites for hydroxylation is 1. The van der Waals surface area contributed by atoms with Crippen LogP contribution in [0.15, 0.2) is 21.5 Å². The number of aromatic nitrogens is 1. The zero-order valence-electron chi connectivity index (χ0n) is 18.5. The molecular formula is C21H32BrN3O5. The number of nitrogens with one attached hydrogen (secondary N) is 1. The molecule has 1 atom stereocenters. The first-order chi connectivity index (χ1) is 13.9. The van der Waals surface area contributed by atoms with Crippen LogP contribution in [-0.2, 0) is 16.6 Å². The average molecular weight is 486 g/mol. The summed E-state index contributed by atoms with van der Waals surface area (Å²) in [4.78, 5) is 37.9. The maximum Gasteiger partial charge on any atom is 0.410 e. The van der Waals surface area contributed by atoms with Crippen molar-refractivity contribution in [3.63, 3.8) is 0 Å². The summed E-state index contributed by atoms with van der Waals surface area (Å²) in [7, 11) is 3.25. The zero-order chi connectivity index (χ0) is 22.6. The first-order valence-corrected chi connectivity index (χ1v) is 11.0. The second-order valence-electron chi connectivity index (χ2n) is 8.80. The normalized spacial score (nSPS) is 20.2. The van der Waals surface area contributed by atoms with Crippen LogP contribution in [0.25, 0.3) is 0 Å². The molecule has 0 aromatic carbocycles. The highest BCUT2D eigenvalue weighted by Crippen LogP contribution is 2.28. The van der Waals surface area contributed by atoms with E-state index in [1.807, 2.05) is 0 Å². The summed E-state index contributed by atoms with van der Waals surface area (Å²) in [5, 5.41) is 3.02. The Morgan fingerprint density at radius 2 is 1.87 bits per heavy atom. The van der Waals surface area contributed by atoms with Gasteiger partial charge in [-0.15, -0.1) is 0 Å². The van der Waals surface area contributed by atoms with Crippen molar-refractivity contribution in [3.8, 4) is 5.75 Å². The predicted molar refractivity (Wildman–Crippen MR) is 118 cm³/mol. The van der Waals surface area contributed by atoms with Crippen LogP contribution >= 0.6 is 15.9 Å². The zero-order valence-corrected chi connectivity index (χ0v) is 20.1. The number of halogens is 1. The fourth-order valence-electron chi connectivity index (χ4n) is 3.16. The summed E-state index contributed by atoms with van der Waals surface area (Å²) in [6.45, 7) is 7.04. The summed E-state index contributed by atoms with van der Waals surface area (Å²) in [6.07, 6.45) is 4.21. The molecular weight excluding hydrogens is 454 g/mol. The number of carbonyl (C=O) groups is 2. The van der Waals surface area contributed by atoms with Crippen molar-refractivity contribution in [3.05, 3.63) is 27.1 Å². The monoisotopic (exact) mass is 485 g/mol. The molecule has 1 aromatic heterocycles. The lowest BCUT2D eigenvalue weighted by atomic mass is 9.92. The van der Waals surface area contributed by atoms with Crippen LogP contribution in [0.2, 0.25) is 0 Å². The number of amides is 2. The molecule has 1 aliphatic rings. The van der Waals surface area contributed by atoms with Gasteiger partial charge in [0.1, 0.15) is 17.4 Å². The van der Waals surface area contributed by atoms with E-state index in [1.165, 1.54) is 15.5 Å². The minimum atomic E-state index is -0.634. The van der Waals surface area contributed by atoms with Gasteiger partial charge in [-0.2, -0.15) is 0 Å². The van der Waals surface area contributed by atoms with E-state index in [4.69, 9.17) is 9.47 Å². The number of rotatable bonds is 5. The van der Waals surface area contributed by atoms with Crippen molar-refractivity contribution in [2.75, 3.05) is 7.05 Å². The van der Waals surface area contributed by atoms with E-state index < -0.39 is 17.7 Å². The van der Waals surface area contributed by atoms with Crippen LogP contribution in [-0.4, -0.2) is 52.3 Å². The summed E-state index contributed by atoms with van der Waals surface area (Å²) >= 11 is 3.43. The lowest BCUT2D eigenvalue weighted by Crippen LogP contribution is -2.50. The molecule has 9 heteroatoms. The van der Waals surface area contributed by atoms with Gasteiger partial charge in [-0.05, 0) is 69.3 Å². The number of hydrogen-bond donors (Lipinski definition) is 1. The van der Waals surface area contributed by atoms with E-state index in [-0.39, 0.29) is 23.6 Å². The largest absolute Gasteiger partial charge is 0.489 e. The molecule has 0 saturated heterocycles. The molecule has 1 aliphatic carbocycles. The van der Waals surface area contributed by atoms with E-state index in [1.54, 1.807) is 48.0 Å².